The van der Waals surface area contributed by atoms with Crippen LogP contribution in [0.25, 0.3) is 11.1 Å². The maximum Gasteiger partial charge on any atom is 0.123 e. The Kier molecular flexibility index (Phi) is 2.80. The Morgan fingerprint density at radius 2 is 1.59 bits per heavy atom. The fourth-order valence-corrected chi connectivity index (χ4v) is 2.09. The van der Waals surface area contributed by atoms with E-state index in [9.17, 15) is 10.2 Å². The van der Waals surface area contributed by atoms with E-state index in [0.717, 1.165) is 22.3 Å². The molecule has 0 saturated carbocycles. The van der Waals surface area contributed by atoms with Gasteiger partial charge >= 0.3 is 0 Å². The van der Waals surface area contributed by atoms with Gasteiger partial charge in [0.15, 0.2) is 0 Å². The number of benzene rings is 2. The molecule has 0 saturated heterocycles. The average Bonchev–Trinajstić information content (AvgIpc) is 2.26. The molecule has 2 aromatic rings. The number of phenols is 2. The van der Waals surface area contributed by atoms with Crippen molar-refractivity contribution in [3.8, 4) is 22.6 Å². The van der Waals surface area contributed by atoms with Crippen LogP contribution in [0.2, 0.25) is 0 Å². The summed E-state index contributed by atoms with van der Waals surface area (Å²) in [4.78, 5) is 0. The summed E-state index contributed by atoms with van der Waals surface area (Å²) in [5, 5.41) is 19.6. The lowest BCUT2D eigenvalue weighted by molar-refractivity contribution is 0.474. The van der Waals surface area contributed by atoms with Gasteiger partial charge in [-0.15, -0.1) is 0 Å². The van der Waals surface area contributed by atoms with Gasteiger partial charge < -0.3 is 10.2 Å². The van der Waals surface area contributed by atoms with Crippen molar-refractivity contribution >= 4 is 0 Å². The first-order valence-corrected chi connectivity index (χ1v) is 5.60. The predicted molar refractivity (Wildman–Crippen MR) is 69.4 cm³/mol. The third-order valence-corrected chi connectivity index (χ3v) is 3.27. The van der Waals surface area contributed by atoms with E-state index in [2.05, 4.69) is 0 Å². The lowest BCUT2D eigenvalue weighted by Gasteiger charge is -2.14. The maximum absolute atomic E-state index is 10.1. The highest BCUT2D eigenvalue weighted by Gasteiger charge is 2.12. The van der Waals surface area contributed by atoms with Crippen LogP contribution in [-0.2, 0) is 0 Å². The van der Waals surface area contributed by atoms with Crippen LogP contribution < -0.4 is 0 Å². The molecule has 2 heteroatoms. The summed E-state index contributed by atoms with van der Waals surface area (Å²) in [6, 6.07) is 8.71. The molecule has 0 aromatic heterocycles. The second-order valence-electron chi connectivity index (χ2n) is 4.39. The van der Waals surface area contributed by atoms with E-state index in [1.807, 2.05) is 26.8 Å². The second kappa shape index (κ2) is 4.13. The Hall–Kier alpha value is -1.96. The van der Waals surface area contributed by atoms with Gasteiger partial charge in [-0.25, -0.2) is 0 Å². The van der Waals surface area contributed by atoms with E-state index in [4.69, 9.17) is 0 Å². The minimum Gasteiger partial charge on any atom is -0.508 e. The molecule has 0 aliphatic heterocycles. The van der Waals surface area contributed by atoms with Crippen LogP contribution in [0.5, 0.6) is 11.5 Å². The Balaban J connectivity index is 2.72. The average molecular weight is 228 g/mol. The van der Waals surface area contributed by atoms with Crippen molar-refractivity contribution in [1.29, 1.82) is 0 Å². The number of aromatic hydroxyl groups is 2. The predicted octanol–water partition coefficient (Wildman–Crippen LogP) is 3.69. The second-order valence-corrected chi connectivity index (χ2v) is 4.39. The van der Waals surface area contributed by atoms with Gasteiger partial charge in [-0.3, -0.25) is 0 Å². The van der Waals surface area contributed by atoms with E-state index in [-0.39, 0.29) is 11.5 Å². The van der Waals surface area contributed by atoms with Crippen LogP contribution in [0.4, 0.5) is 0 Å². The van der Waals surface area contributed by atoms with E-state index in [0.29, 0.717) is 0 Å². The van der Waals surface area contributed by atoms with Crippen LogP contribution in [0.1, 0.15) is 16.7 Å². The van der Waals surface area contributed by atoms with Gasteiger partial charge in [-0.2, -0.15) is 0 Å². The van der Waals surface area contributed by atoms with Gasteiger partial charge in [0.1, 0.15) is 11.5 Å². The molecule has 0 unspecified atom stereocenters. The molecule has 88 valence electrons. The molecule has 2 nitrogen and oxygen atoms in total. The fraction of sp³-hybridized carbons (Fsp3) is 0.200. The third-order valence-electron chi connectivity index (χ3n) is 3.27. The fourth-order valence-electron chi connectivity index (χ4n) is 2.09. The third kappa shape index (κ3) is 1.98. The van der Waals surface area contributed by atoms with Crippen molar-refractivity contribution in [3.63, 3.8) is 0 Å². The van der Waals surface area contributed by atoms with Crippen molar-refractivity contribution in [2.24, 2.45) is 0 Å². The van der Waals surface area contributed by atoms with Crippen molar-refractivity contribution in [2.45, 2.75) is 20.8 Å². The first kappa shape index (κ1) is 11.5. The lowest BCUT2D eigenvalue weighted by Crippen LogP contribution is -1.92. The Bertz CT molecular complexity index is 571. The Morgan fingerprint density at radius 3 is 2.24 bits per heavy atom. The molecular weight excluding hydrogens is 212 g/mol. The van der Waals surface area contributed by atoms with Gasteiger partial charge in [-0.1, -0.05) is 12.1 Å². The highest BCUT2D eigenvalue weighted by Crippen LogP contribution is 2.36. The zero-order valence-corrected chi connectivity index (χ0v) is 10.3. The number of aryl methyl sites for hydroxylation is 1. The number of hydrogen-bond donors (Lipinski definition) is 2. The van der Waals surface area contributed by atoms with Crippen molar-refractivity contribution < 1.29 is 10.2 Å². The highest BCUT2D eigenvalue weighted by atomic mass is 16.3. The van der Waals surface area contributed by atoms with Crippen molar-refractivity contribution in [2.75, 3.05) is 0 Å². The zero-order valence-electron chi connectivity index (χ0n) is 10.3. The van der Waals surface area contributed by atoms with Gasteiger partial charge in [0.2, 0.25) is 0 Å². The minimum absolute atomic E-state index is 0.208. The highest BCUT2D eigenvalue weighted by molar-refractivity contribution is 5.76. The monoisotopic (exact) mass is 228 g/mol. The molecule has 0 bridgehead atoms. The Morgan fingerprint density at radius 1 is 0.882 bits per heavy atom. The molecular formula is C15H16O2. The molecule has 0 amide bonds. The van der Waals surface area contributed by atoms with E-state index in [1.54, 1.807) is 24.3 Å². The summed E-state index contributed by atoms with van der Waals surface area (Å²) in [7, 11) is 0. The molecule has 2 N–H and O–H groups in total. The first-order chi connectivity index (χ1) is 8.00. The number of phenolic OH excluding ortho intramolecular Hbond substituents is 2. The zero-order chi connectivity index (χ0) is 12.6. The van der Waals surface area contributed by atoms with Gasteiger partial charge in [0.05, 0.1) is 0 Å². The van der Waals surface area contributed by atoms with Crippen LogP contribution in [0, 0.1) is 20.8 Å². The summed E-state index contributed by atoms with van der Waals surface area (Å²) in [5.74, 6) is 0.468. The quantitative estimate of drug-likeness (QED) is 0.781. The molecule has 2 aromatic carbocycles. The summed E-state index contributed by atoms with van der Waals surface area (Å²) in [6.45, 7) is 6.01. The van der Waals surface area contributed by atoms with Crippen LogP contribution in [0.3, 0.4) is 0 Å². The smallest absolute Gasteiger partial charge is 0.123 e. The molecule has 0 radical (unpaired) electrons. The molecule has 0 spiro atoms. The van der Waals surface area contributed by atoms with Crippen LogP contribution >= 0.6 is 0 Å². The van der Waals surface area contributed by atoms with Crippen molar-refractivity contribution in [3.05, 3.63) is 47.0 Å². The molecule has 17 heavy (non-hydrogen) atoms. The molecule has 0 fully saturated rings. The first-order valence-electron chi connectivity index (χ1n) is 5.60. The largest absolute Gasteiger partial charge is 0.508 e. The van der Waals surface area contributed by atoms with E-state index in [1.165, 1.54) is 5.56 Å². The minimum atomic E-state index is 0.208. The lowest BCUT2D eigenvalue weighted by atomic mass is 9.93. The Labute approximate surface area is 101 Å². The molecule has 0 aliphatic rings. The summed E-state index contributed by atoms with van der Waals surface area (Å²) < 4.78 is 0. The summed E-state index contributed by atoms with van der Waals surface area (Å²) in [6.07, 6.45) is 0. The number of hydrogen-bond acceptors (Lipinski definition) is 2. The van der Waals surface area contributed by atoms with Gasteiger partial charge in [-0.05, 0) is 61.2 Å². The topological polar surface area (TPSA) is 40.5 Å². The maximum atomic E-state index is 10.1. The van der Waals surface area contributed by atoms with E-state index >= 15 is 0 Å². The molecule has 2 rings (SSSR count). The molecule has 0 heterocycles. The summed E-state index contributed by atoms with van der Waals surface area (Å²) in [5.41, 5.74) is 4.92. The van der Waals surface area contributed by atoms with Crippen molar-refractivity contribution in [1.82, 2.24) is 0 Å². The van der Waals surface area contributed by atoms with Crippen LogP contribution in [-0.4, -0.2) is 10.2 Å². The standard InChI is InChI=1S/C15H16O2/c1-9-7-14(17)15(11(3)10(9)2)12-5-4-6-13(16)8-12/h4-8,16-17H,1-3H3. The van der Waals surface area contributed by atoms with Crippen LogP contribution in [0.15, 0.2) is 30.3 Å². The normalized spacial score (nSPS) is 10.5. The summed E-state index contributed by atoms with van der Waals surface area (Å²) >= 11 is 0. The number of rotatable bonds is 1. The van der Waals surface area contributed by atoms with E-state index < -0.39 is 0 Å². The SMILES string of the molecule is Cc1cc(O)c(-c2cccc(O)c2)c(C)c1C. The van der Waals surface area contributed by atoms with Gasteiger partial charge in [0.25, 0.3) is 0 Å². The molecule has 0 aliphatic carbocycles. The van der Waals surface area contributed by atoms with Gasteiger partial charge in [0, 0.05) is 5.56 Å². The molecule has 0 atom stereocenters.